The molecular formula is C30H30Cl2N2O. The van der Waals surface area contributed by atoms with Crippen LogP contribution in [-0.2, 0) is 24.7 Å². The second kappa shape index (κ2) is 10.5. The lowest BCUT2D eigenvalue weighted by atomic mass is 9.90. The zero-order valence-corrected chi connectivity index (χ0v) is 21.5. The van der Waals surface area contributed by atoms with Crippen molar-refractivity contribution in [2.75, 3.05) is 13.1 Å². The summed E-state index contributed by atoms with van der Waals surface area (Å²) in [6.45, 7) is 1.70. The topological polar surface area (TPSA) is 25.2 Å². The lowest BCUT2D eigenvalue weighted by Gasteiger charge is -2.32. The van der Waals surface area contributed by atoms with E-state index < -0.39 is 0 Å². The molecule has 5 heteroatoms. The highest BCUT2D eigenvalue weighted by atomic mass is 35.5. The number of rotatable bonds is 6. The number of carbonyl (C=O) groups excluding carboxylic acids is 1. The highest BCUT2D eigenvalue weighted by Gasteiger charge is 2.24. The van der Waals surface area contributed by atoms with Gasteiger partial charge in [0.05, 0.1) is 5.69 Å². The number of hydrogen-bond donors (Lipinski definition) is 0. The molecule has 1 fully saturated rings. The molecule has 3 nitrogen and oxygen atoms in total. The molecule has 0 spiro atoms. The molecule has 0 atom stereocenters. The quantitative estimate of drug-likeness (QED) is 0.265. The number of nitrogens with zero attached hydrogens (tertiary/aromatic N) is 2. The van der Waals surface area contributed by atoms with Crippen LogP contribution in [0, 0.1) is 5.92 Å². The Hall–Kier alpha value is -2.75. The maximum Gasteiger partial charge on any atom is 0.222 e. The van der Waals surface area contributed by atoms with E-state index in [9.17, 15) is 4.79 Å². The summed E-state index contributed by atoms with van der Waals surface area (Å²) in [4.78, 5) is 15.3. The SMILES string of the molecule is Cn1c(-c2ccc(Cl)cc2)c(CCC(=O)N2CCC(Cc3ccccc3)CC2)c2cc(Cl)ccc21. The first-order valence-electron chi connectivity index (χ1n) is 12.3. The molecule has 0 aliphatic carbocycles. The monoisotopic (exact) mass is 504 g/mol. The third-order valence-electron chi connectivity index (χ3n) is 7.31. The molecule has 1 aliphatic rings. The van der Waals surface area contributed by atoms with Crippen molar-refractivity contribution < 1.29 is 4.79 Å². The highest BCUT2D eigenvalue weighted by Crippen LogP contribution is 2.36. The Labute approximate surface area is 217 Å². The molecule has 0 bridgehead atoms. The molecule has 0 unspecified atom stereocenters. The van der Waals surface area contributed by atoms with Crippen molar-refractivity contribution in [1.82, 2.24) is 9.47 Å². The molecule has 2 heterocycles. The van der Waals surface area contributed by atoms with Crippen molar-refractivity contribution in [3.63, 3.8) is 0 Å². The van der Waals surface area contributed by atoms with Crippen molar-refractivity contribution in [2.24, 2.45) is 13.0 Å². The summed E-state index contributed by atoms with van der Waals surface area (Å²) >= 11 is 12.5. The first-order chi connectivity index (χ1) is 17.0. The molecule has 5 rings (SSSR count). The van der Waals surface area contributed by atoms with Gasteiger partial charge in [-0.1, -0.05) is 65.7 Å². The largest absolute Gasteiger partial charge is 0.343 e. The number of amides is 1. The van der Waals surface area contributed by atoms with Crippen LogP contribution in [0.5, 0.6) is 0 Å². The van der Waals surface area contributed by atoms with Crippen LogP contribution in [-0.4, -0.2) is 28.5 Å². The third-order valence-corrected chi connectivity index (χ3v) is 7.79. The molecule has 0 saturated carbocycles. The molecule has 0 N–H and O–H groups in total. The Morgan fingerprint density at radius 1 is 0.914 bits per heavy atom. The van der Waals surface area contributed by atoms with Crippen molar-refractivity contribution in [1.29, 1.82) is 0 Å². The number of piperidine rings is 1. The number of aromatic nitrogens is 1. The van der Waals surface area contributed by atoms with Gasteiger partial charge in [0.2, 0.25) is 5.91 Å². The van der Waals surface area contributed by atoms with E-state index in [1.54, 1.807) is 0 Å². The van der Waals surface area contributed by atoms with Crippen LogP contribution in [0.3, 0.4) is 0 Å². The Balaban J connectivity index is 1.31. The first-order valence-corrected chi connectivity index (χ1v) is 13.1. The number of aryl methyl sites for hydroxylation is 2. The summed E-state index contributed by atoms with van der Waals surface area (Å²) < 4.78 is 2.20. The van der Waals surface area contributed by atoms with Gasteiger partial charge < -0.3 is 9.47 Å². The van der Waals surface area contributed by atoms with Crippen molar-refractivity contribution in [2.45, 2.75) is 32.1 Å². The second-order valence-electron chi connectivity index (χ2n) is 9.57. The van der Waals surface area contributed by atoms with Gasteiger partial charge in [0.25, 0.3) is 0 Å². The van der Waals surface area contributed by atoms with Crippen LogP contribution in [0.25, 0.3) is 22.2 Å². The molecule has 1 saturated heterocycles. The third kappa shape index (κ3) is 5.27. The molecule has 3 aromatic carbocycles. The minimum atomic E-state index is 0.240. The summed E-state index contributed by atoms with van der Waals surface area (Å²) in [5, 5.41) is 2.53. The zero-order valence-electron chi connectivity index (χ0n) is 20.0. The van der Waals surface area contributed by atoms with Crippen molar-refractivity contribution >= 4 is 40.0 Å². The van der Waals surface area contributed by atoms with E-state index in [2.05, 4.69) is 52.9 Å². The molecule has 1 amide bonds. The predicted octanol–water partition coefficient (Wildman–Crippen LogP) is 7.57. The summed E-state index contributed by atoms with van der Waals surface area (Å²) in [5.41, 5.74) is 5.88. The van der Waals surface area contributed by atoms with E-state index in [1.165, 1.54) is 11.1 Å². The van der Waals surface area contributed by atoms with Crippen molar-refractivity contribution in [3.05, 3.63) is 94.0 Å². The number of carbonyl (C=O) groups is 1. The van der Waals surface area contributed by atoms with Gasteiger partial charge in [-0.05, 0) is 78.6 Å². The average Bonchev–Trinajstić information content (AvgIpc) is 3.14. The van der Waals surface area contributed by atoms with Crippen molar-refractivity contribution in [3.8, 4) is 11.3 Å². The van der Waals surface area contributed by atoms with Gasteiger partial charge in [-0.2, -0.15) is 0 Å². The number of likely N-dealkylation sites (tertiary alicyclic amines) is 1. The van der Waals surface area contributed by atoms with Crippen LogP contribution >= 0.6 is 23.2 Å². The maximum atomic E-state index is 13.2. The van der Waals surface area contributed by atoms with Gasteiger partial charge in [0, 0.05) is 47.5 Å². The lowest BCUT2D eigenvalue weighted by molar-refractivity contribution is -0.132. The van der Waals surface area contributed by atoms with Gasteiger partial charge in [-0.25, -0.2) is 0 Å². The molecule has 35 heavy (non-hydrogen) atoms. The fraction of sp³-hybridized carbons (Fsp3) is 0.300. The van der Waals surface area contributed by atoms with E-state index in [4.69, 9.17) is 23.2 Å². The molecular weight excluding hydrogens is 475 g/mol. The first kappa shape index (κ1) is 24.0. The minimum Gasteiger partial charge on any atom is -0.343 e. The van der Waals surface area contributed by atoms with Crippen LogP contribution in [0.1, 0.15) is 30.4 Å². The van der Waals surface area contributed by atoms with E-state index >= 15 is 0 Å². The fourth-order valence-electron chi connectivity index (χ4n) is 5.45. The predicted molar refractivity (Wildman–Crippen MR) is 146 cm³/mol. The van der Waals surface area contributed by atoms with Crippen LogP contribution in [0.4, 0.5) is 0 Å². The fourth-order valence-corrected chi connectivity index (χ4v) is 5.74. The van der Waals surface area contributed by atoms with E-state index in [0.29, 0.717) is 28.8 Å². The molecule has 4 aromatic rings. The van der Waals surface area contributed by atoms with Gasteiger partial charge in [0.15, 0.2) is 0 Å². The van der Waals surface area contributed by atoms with Crippen LogP contribution < -0.4 is 0 Å². The summed E-state index contributed by atoms with van der Waals surface area (Å²) in [5.74, 6) is 0.891. The maximum absolute atomic E-state index is 13.2. The Morgan fingerprint density at radius 2 is 1.60 bits per heavy atom. The smallest absolute Gasteiger partial charge is 0.222 e. The van der Waals surface area contributed by atoms with E-state index in [-0.39, 0.29) is 5.91 Å². The van der Waals surface area contributed by atoms with Crippen LogP contribution in [0.15, 0.2) is 72.8 Å². The molecule has 180 valence electrons. The number of hydrogen-bond acceptors (Lipinski definition) is 1. The Morgan fingerprint density at radius 3 is 2.31 bits per heavy atom. The number of halogens is 2. The van der Waals surface area contributed by atoms with Crippen LogP contribution in [0.2, 0.25) is 10.0 Å². The summed E-state index contributed by atoms with van der Waals surface area (Å²) in [7, 11) is 2.07. The zero-order chi connectivity index (χ0) is 24.4. The normalized spacial score (nSPS) is 14.5. The van der Waals surface area contributed by atoms with Gasteiger partial charge in [-0.3, -0.25) is 4.79 Å². The van der Waals surface area contributed by atoms with Gasteiger partial charge >= 0.3 is 0 Å². The Kier molecular flexibility index (Phi) is 7.17. The standard InChI is InChI=1S/C30H30Cl2N2O/c1-33-28-13-11-25(32)20-27(28)26(30(33)23-7-9-24(31)10-8-23)12-14-29(35)34-17-15-22(16-18-34)19-21-5-3-2-4-6-21/h2-11,13,20,22H,12,14-19H2,1H3. The molecule has 1 aromatic heterocycles. The summed E-state index contributed by atoms with van der Waals surface area (Å²) in [6.07, 6.45) is 4.42. The Bertz CT molecular complexity index is 1320. The highest BCUT2D eigenvalue weighted by molar-refractivity contribution is 6.31. The van der Waals surface area contributed by atoms with Gasteiger partial charge in [-0.15, -0.1) is 0 Å². The van der Waals surface area contributed by atoms with E-state index in [1.807, 2.05) is 36.4 Å². The number of fused-ring (bicyclic) bond motifs is 1. The van der Waals surface area contributed by atoms with E-state index in [0.717, 1.165) is 54.5 Å². The minimum absolute atomic E-state index is 0.240. The average molecular weight is 505 g/mol. The second-order valence-corrected chi connectivity index (χ2v) is 10.4. The molecule has 0 radical (unpaired) electrons. The van der Waals surface area contributed by atoms with Gasteiger partial charge in [0.1, 0.15) is 0 Å². The lowest BCUT2D eigenvalue weighted by Crippen LogP contribution is -2.39. The number of benzene rings is 3. The molecule has 1 aliphatic heterocycles. The summed E-state index contributed by atoms with van der Waals surface area (Å²) in [6, 6.07) is 24.6.